The number of aromatic hydroxyl groups is 1. The highest BCUT2D eigenvalue weighted by Crippen LogP contribution is 2.40. The van der Waals surface area contributed by atoms with Crippen LogP contribution in [0.4, 0.5) is 4.79 Å². The highest BCUT2D eigenvalue weighted by atomic mass is 35.5. The zero-order chi connectivity index (χ0) is 26.9. The molecular weight excluding hydrogens is 530 g/mol. The van der Waals surface area contributed by atoms with Crippen LogP contribution >= 0.6 is 23.4 Å². The number of hydrogen-bond donors (Lipinski definition) is 1. The van der Waals surface area contributed by atoms with E-state index in [0.717, 1.165) is 39.6 Å². The van der Waals surface area contributed by atoms with Gasteiger partial charge in [0.1, 0.15) is 0 Å². The van der Waals surface area contributed by atoms with E-state index in [1.807, 2.05) is 54.4 Å². The van der Waals surface area contributed by atoms with Gasteiger partial charge < -0.3 is 9.84 Å². The maximum absolute atomic E-state index is 12.6. The van der Waals surface area contributed by atoms with Gasteiger partial charge in [-0.2, -0.15) is 10.1 Å². The Morgan fingerprint density at radius 1 is 1.05 bits per heavy atom. The molecule has 6 rings (SSSR count). The second kappa shape index (κ2) is 10.6. The molecule has 0 aromatic heterocycles. The predicted molar refractivity (Wildman–Crippen MR) is 159 cm³/mol. The number of hydrazone groups is 1. The summed E-state index contributed by atoms with van der Waals surface area (Å²) in [5.41, 5.74) is 3.74. The van der Waals surface area contributed by atoms with Crippen molar-refractivity contribution in [3.8, 4) is 11.5 Å². The van der Waals surface area contributed by atoms with Crippen molar-refractivity contribution in [1.82, 2.24) is 5.01 Å². The molecule has 2 aliphatic rings. The molecule has 4 aromatic carbocycles. The number of ether oxygens (including phenoxy) is 1. The lowest BCUT2D eigenvalue weighted by atomic mass is 9.97. The van der Waals surface area contributed by atoms with Crippen LogP contribution in [0.5, 0.6) is 11.5 Å². The summed E-state index contributed by atoms with van der Waals surface area (Å²) in [6.07, 6.45) is 2.51. The number of hydrogen-bond acceptors (Lipinski definition) is 6. The zero-order valence-corrected chi connectivity index (χ0v) is 22.6. The molecule has 0 saturated carbocycles. The standard InChI is InChI=1S/C31H24ClN3O3S/c1-2-38-28-15-19(7-14-27(28)36)16-29-30(33-31(37)39-29)35-26(21-10-12-24(32)13-11-21)18-25(34-35)23-9-8-20-5-3-4-6-22(20)17-23/h3-17,26,36H,2,18H2,1H3/b29-16-. The molecule has 194 valence electrons. The van der Waals surface area contributed by atoms with E-state index < -0.39 is 0 Å². The van der Waals surface area contributed by atoms with Gasteiger partial charge in [-0.3, -0.25) is 4.79 Å². The van der Waals surface area contributed by atoms with E-state index >= 15 is 0 Å². The quantitative estimate of drug-likeness (QED) is 0.270. The number of nitrogens with zero attached hydrogens (tertiary/aromatic N) is 3. The lowest BCUT2D eigenvalue weighted by molar-refractivity contribution is 0.267. The molecule has 0 aliphatic carbocycles. The summed E-state index contributed by atoms with van der Waals surface area (Å²) in [6.45, 7) is 2.28. The van der Waals surface area contributed by atoms with Crippen LogP contribution in [-0.2, 0) is 0 Å². The normalized spacial score (nSPS) is 18.1. The summed E-state index contributed by atoms with van der Waals surface area (Å²) in [5.74, 6) is 0.943. The Hall–Kier alpha value is -4.07. The monoisotopic (exact) mass is 553 g/mol. The highest BCUT2D eigenvalue weighted by Gasteiger charge is 2.37. The third-order valence-corrected chi connectivity index (χ3v) is 7.70. The van der Waals surface area contributed by atoms with Gasteiger partial charge in [0.15, 0.2) is 17.3 Å². The number of carbonyl (C=O) groups excluding carboxylic acids is 1. The molecule has 0 saturated heterocycles. The average Bonchev–Trinajstić information content (AvgIpc) is 3.54. The van der Waals surface area contributed by atoms with Crippen molar-refractivity contribution in [2.45, 2.75) is 19.4 Å². The Balaban J connectivity index is 1.42. The average molecular weight is 554 g/mol. The summed E-state index contributed by atoms with van der Waals surface area (Å²) in [6, 6.07) is 27.2. The number of halogens is 1. The van der Waals surface area contributed by atoms with E-state index in [-0.39, 0.29) is 17.0 Å². The van der Waals surface area contributed by atoms with Gasteiger partial charge in [-0.05, 0) is 82.6 Å². The molecule has 2 heterocycles. The number of fused-ring (bicyclic) bond motifs is 1. The van der Waals surface area contributed by atoms with Crippen LogP contribution in [0.3, 0.4) is 0 Å². The minimum atomic E-state index is -0.302. The van der Waals surface area contributed by atoms with Gasteiger partial charge in [0.25, 0.3) is 0 Å². The molecule has 1 amide bonds. The number of aliphatic imine (C=N–C) groups is 1. The molecule has 8 heteroatoms. The van der Waals surface area contributed by atoms with Crippen LogP contribution in [0.15, 0.2) is 99.9 Å². The molecule has 1 unspecified atom stereocenters. The first-order chi connectivity index (χ1) is 19.0. The van der Waals surface area contributed by atoms with Crippen molar-refractivity contribution in [3.05, 3.63) is 112 Å². The number of benzene rings is 4. The van der Waals surface area contributed by atoms with Gasteiger partial charge >= 0.3 is 5.24 Å². The Morgan fingerprint density at radius 2 is 1.85 bits per heavy atom. The van der Waals surface area contributed by atoms with Crippen molar-refractivity contribution in [2.75, 3.05) is 6.61 Å². The number of amidine groups is 1. The first-order valence-electron chi connectivity index (χ1n) is 12.6. The lowest BCUT2D eigenvalue weighted by Crippen LogP contribution is -2.26. The van der Waals surface area contributed by atoms with E-state index in [0.29, 0.717) is 34.5 Å². The third-order valence-electron chi connectivity index (χ3n) is 6.66. The Bertz CT molecular complexity index is 1680. The van der Waals surface area contributed by atoms with Gasteiger partial charge in [0.05, 0.1) is 23.3 Å². The molecule has 1 atom stereocenters. The number of carbonyl (C=O) groups is 1. The summed E-state index contributed by atoms with van der Waals surface area (Å²) < 4.78 is 5.54. The minimum Gasteiger partial charge on any atom is -0.504 e. The van der Waals surface area contributed by atoms with E-state index in [1.165, 1.54) is 5.39 Å². The zero-order valence-electron chi connectivity index (χ0n) is 21.0. The predicted octanol–water partition coefficient (Wildman–Crippen LogP) is 8.06. The molecule has 2 aliphatic heterocycles. The number of phenolic OH excluding ortho intramolecular Hbond substituents is 1. The maximum Gasteiger partial charge on any atom is 0.311 e. The van der Waals surface area contributed by atoms with Crippen molar-refractivity contribution in [3.63, 3.8) is 0 Å². The molecule has 1 N–H and O–H groups in total. The molecule has 39 heavy (non-hydrogen) atoms. The number of phenols is 1. The number of rotatable bonds is 5. The summed E-state index contributed by atoms with van der Waals surface area (Å²) in [7, 11) is 0. The largest absolute Gasteiger partial charge is 0.504 e. The van der Waals surface area contributed by atoms with E-state index in [1.54, 1.807) is 18.2 Å². The van der Waals surface area contributed by atoms with Crippen molar-refractivity contribution >= 4 is 57.0 Å². The lowest BCUT2D eigenvalue weighted by Gasteiger charge is -2.24. The van der Waals surface area contributed by atoms with Crippen molar-refractivity contribution < 1.29 is 14.6 Å². The molecular formula is C31H24ClN3O3S. The fourth-order valence-corrected chi connectivity index (χ4v) is 5.67. The fourth-order valence-electron chi connectivity index (χ4n) is 4.80. The first kappa shape index (κ1) is 25.2. The van der Waals surface area contributed by atoms with Crippen LogP contribution in [0, 0.1) is 0 Å². The fraction of sp³-hybridized carbons (Fsp3) is 0.129. The van der Waals surface area contributed by atoms with Gasteiger partial charge in [-0.25, -0.2) is 5.01 Å². The SMILES string of the molecule is CCOc1cc(/C=C2\SC(=O)N=C2N2N=C(c3ccc4ccccc4c3)CC2c2ccc(Cl)cc2)ccc1O. The van der Waals surface area contributed by atoms with E-state index in [9.17, 15) is 9.90 Å². The van der Waals surface area contributed by atoms with E-state index in [4.69, 9.17) is 21.4 Å². The summed E-state index contributed by atoms with van der Waals surface area (Å²) in [4.78, 5) is 17.7. The number of thioether (sulfide) groups is 1. The minimum absolute atomic E-state index is 0.0648. The van der Waals surface area contributed by atoms with Crippen LogP contribution < -0.4 is 4.74 Å². The van der Waals surface area contributed by atoms with Crippen molar-refractivity contribution in [2.24, 2.45) is 10.1 Å². The smallest absolute Gasteiger partial charge is 0.311 e. The maximum atomic E-state index is 12.6. The molecule has 0 spiro atoms. The summed E-state index contributed by atoms with van der Waals surface area (Å²) >= 11 is 7.25. The highest BCUT2D eigenvalue weighted by molar-refractivity contribution is 8.18. The Morgan fingerprint density at radius 3 is 2.64 bits per heavy atom. The second-order valence-electron chi connectivity index (χ2n) is 9.20. The number of amides is 1. The van der Waals surface area contributed by atoms with Crippen LogP contribution in [0.2, 0.25) is 5.02 Å². The molecule has 0 radical (unpaired) electrons. The van der Waals surface area contributed by atoms with E-state index in [2.05, 4.69) is 35.3 Å². The Labute approximate surface area is 235 Å². The first-order valence-corrected chi connectivity index (χ1v) is 13.8. The third kappa shape index (κ3) is 5.15. The second-order valence-corrected chi connectivity index (χ2v) is 10.6. The molecule has 4 aromatic rings. The van der Waals surface area contributed by atoms with Gasteiger partial charge in [-0.15, -0.1) is 0 Å². The topological polar surface area (TPSA) is 74.5 Å². The van der Waals surface area contributed by atoms with Crippen LogP contribution in [-0.4, -0.2) is 33.5 Å². The molecule has 6 nitrogen and oxygen atoms in total. The van der Waals surface area contributed by atoms with Gasteiger partial charge in [0, 0.05) is 11.4 Å². The molecule has 0 fully saturated rings. The Kier molecular flexibility index (Phi) is 6.85. The van der Waals surface area contributed by atoms with Crippen molar-refractivity contribution in [1.29, 1.82) is 0 Å². The van der Waals surface area contributed by atoms with Crippen LogP contribution in [0.1, 0.15) is 36.1 Å². The summed E-state index contributed by atoms with van der Waals surface area (Å²) in [5, 5.41) is 19.6. The van der Waals surface area contributed by atoms with Gasteiger partial charge in [-0.1, -0.05) is 66.2 Å². The molecule has 0 bridgehead atoms. The van der Waals surface area contributed by atoms with Gasteiger partial charge in [0.2, 0.25) is 0 Å². The van der Waals surface area contributed by atoms with Crippen LogP contribution in [0.25, 0.3) is 16.8 Å².